The second-order valence-corrected chi connectivity index (χ2v) is 8.59. The van der Waals surface area contributed by atoms with Gasteiger partial charge in [0, 0.05) is 47.9 Å². The third-order valence-electron chi connectivity index (χ3n) is 6.06. The Hall–Kier alpha value is -4.28. The molecular formula is C27H19ClFN5O. The number of alkyl halides is 1. The van der Waals surface area contributed by atoms with Crippen LogP contribution >= 0.6 is 11.6 Å². The number of fused-ring (bicyclic) bond motifs is 1. The Labute approximate surface area is 205 Å². The molecule has 1 aromatic carbocycles. The molecule has 0 aliphatic heterocycles. The number of aryl methyl sites for hydroxylation is 2. The monoisotopic (exact) mass is 483 g/mol. The Morgan fingerprint density at radius 3 is 2.51 bits per heavy atom. The molecule has 0 aliphatic carbocycles. The lowest BCUT2D eigenvalue weighted by Crippen LogP contribution is -2.27. The van der Waals surface area contributed by atoms with Crippen molar-refractivity contribution in [3.63, 3.8) is 0 Å². The van der Waals surface area contributed by atoms with E-state index in [9.17, 15) is 4.79 Å². The molecule has 0 amide bonds. The van der Waals surface area contributed by atoms with Crippen LogP contribution in [0.1, 0.15) is 22.5 Å². The molecule has 4 heterocycles. The first-order valence-electron chi connectivity index (χ1n) is 10.7. The van der Waals surface area contributed by atoms with Gasteiger partial charge in [0.25, 0.3) is 5.56 Å². The van der Waals surface area contributed by atoms with E-state index >= 15 is 4.39 Å². The first kappa shape index (κ1) is 22.5. The van der Waals surface area contributed by atoms with Gasteiger partial charge in [-0.05, 0) is 35.9 Å². The molecule has 4 aromatic heterocycles. The second-order valence-electron chi connectivity index (χ2n) is 8.16. The number of halogens is 2. The summed E-state index contributed by atoms with van der Waals surface area (Å²) in [7, 11) is 3.35. The zero-order chi connectivity index (χ0) is 24.7. The Morgan fingerprint density at radius 2 is 1.83 bits per heavy atom. The van der Waals surface area contributed by atoms with E-state index in [1.54, 1.807) is 73.5 Å². The van der Waals surface area contributed by atoms with Crippen LogP contribution in [0, 0.1) is 12.3 Å². The summed E-state index contributed by atoms with van der Waals surface area (Å²) in [6.07, 6.45) is 10.00. The maximum atomic E-state index is 17.3. The minimum atomic E-state index is -2.10. The van der Waals surface area contributed by atoms with Crippen LogP contribution in [0.15, 0.2) is 78.1 Å². The van der Waals surface area contributed by atoms with E-state index in [0.717, 1.165) is 0 Å². The zero-order valence-electron chi connectivity index (χ0n) is 18.9. The molecule has 0 radical (unpaired) electrons. The van der Waals surface area contributed by atoms with Crippen LogP contribution in [0.4, 0.5) is 4.39 Å². The maximum absolute atomic E-state index is 17.3. The molecule has 0 fully saturated rings. The number of pyridine rings is 3. The molecule has 5 aromatic rings. The first-order chi connectivity index (χ1) is 16.8. The van der Waals surface area contributed by atoms with Crippen molar-refractivity contribution in [2.75, 3.05) is 0 Å². The summed E-state index contributed by atoms with van der Waals surface area (Å²) in [6.45, 7) is 0. The third-order valence-corrected chi connectivity index (χ3v) is 6.31. The first-order valence-corrected chi connectivity index (χ1v) is 11.1. The molecule has 0 unspecified atom stereocenters. The van der Waals surface area contributed by atoms with E-state index in [4.69, 9.17) is 18.0 Å². The molecule has 0 aliphatic rings. The Morgan fingerprint density at radius 1 is 1.06 bits per heavy atom. The molecule has 6 nitrogen and oxygen atoms in total. The van der Waals surface area contributed by atoms with Crippen LogP contribution in [0.2, 0.25) is 5.02 Å². The van der Waals surface area contributed by atoms with Crippen molar-refractivity contribution in [1.29, 1.82) is 0 Å². The van der Waals surface area contributed by atoms with Gasteiger partial charge in [-0.2, -0.15) is 0 Å². The lowest BCUT2D eigenvalue weighted by molar-refractivity contribution is 0.266. The van der Waals surface area contributed by atoms with Gasteiger partial charge < -0.3 is 4.57 Å². The van der Waals surface area contributed by atoms with Crippen LogP contribution in [0.25, 0.3) is 22.3 Å². The molecule has 0 saturated heterocycles. The van der Waals surface area contributed by atoms with Crippen molar-refractivity contribution in [3.8, 4) is 23.6 Å². The highest BCUT2D eigenvalue weighted by Crippen LogP contribution is 2.42. The van der Waals surface area contributed by atoms with Crippen LogP contribution in [-0.2, 0) is 19.8 Å². The van der Waals surface area contributed by atoms with Crippen molar-refractivity contribution < 1.29 is 4.39 Å². The molecule has 5 rings (SSSR count). The SMILES string of the molecule is C#Cc1cccc(-c2cc(=O)n(C)c3ncc([C@](F)(c4ccc(Cl)cc4)c4cncn4C)cc23)n1. The number of rotatable bonds is 4. The number of benzene rings is 1. The molecule has 0 saturated carbocycles. The Kier molecular flexibility index (Phi) is 5.46. The van der Waals surface area contributed by atoms with Gasteiger partial charge in [-0.15, -0.1) is 6.42 Å². The smallest absolute Gasteiger partial charge is 0.252 e. The Bertz CT molecular complexity index is 1680. The summed E-state index contributed by atoms with van der Waals surface area (Å²) in [5, 5.41) is 1.05. The van der Waals surface area contributed by atoms with E-state index in [1.165, 1.54) is 23.0 Å². The van der Waals surface area contributed by atoms with Crippen molar-refractivity contribution in [2.45, 2.75) is 5.67 Å². The number of aromatic nitrogens is 5. The van der Waals surface area contributed by atoms with Gasteiger partial charge in [-0.1, -0.05) is 35.7 Å². The summed E-state index contributed by atoms with van der Waals surface area (Å²) in [5.74, 6) is 2.51. The fraction of sp³-hybridized carbons (Fsp3) is 0.111. The normalized spacial score (nSPS) is 12.9. The number of nitrogens with zero attached hydrogens (tertiary/aromatic N) is 5. The van der Waals surface area contributed by atoms with Gasteiger partial charge in [-0.25, -0.2) is 19.3 Å². The lowest BCUT2D eigenvalue weighted by atomic mass is 9.85. The van der Waals surface area contributed by atoms with Gasteiger partial charge in [0.1, 0.15) is 11.3 Å². The van der Waals surface area contributed by atoms with Crippen molar-refractivity contribution in [2.24, 2.45) is 14.1 Å². The topological polar surface area (TPSA) is 65.6 Å². The molecule has 0 N–H and O–H groups in total. The summed E-state index contributed by atoms with van der Waals surface area (Å²) in [6, 6.07) is 14.9. The number of hydrogen-bond donors (Lipinski definition) is 0. The zero-order valence-corrected chi connectivity index (χ0v) is 19.7. The van der Waals surface area contributed by atoms with Gasteiger partial charge in [-0.3, -0.25) is 9.36 Å². The summed E-state index contributed by atoms with van der Waals surface area (Å²) in [4.78, 5) is 25.8. The molecule has 0 bridgehead atoms. The fourth-order valence-corrected chi connectivity index (χ4v) is 4.35. The van der Waals surface area contributed by atoms with E-state index < -0.39 is 5.67 Å². The summed E-state index contributed by atoms with van der Waals surface area (Å²) >= 11 is 6.08. The van der Waals surface area contributed by atoms with Crippen molar-refractivity contribution in [1.82, 2.24) is 24.1 Å². The molecule has 35 heavy (non-hydrogen) atoms. The Balaban J connectivity index is 1.84. The summed E-state index contributed by atoms with van der Waals surface area (Å²) in [5.41, 5.74) is 0.420. The van der Waals surface area contributed by atoms with E-state index in [0.29, 0.717) is 44.3 Å². The van der Waals surface area contributed by atoms with Gasteiger partial charge >= 0.3 is 0 Å². The largest absolute Gasteiger partial charge is 0.334 e. The van der Waals surface area contributed by atoms with Gasteiger partial charge in [0.05, 0.1) is 23.9 Å². The molecule has 172 valence electrons. The molecular weight excluding hydrogens is 465 g/mol. The highest BCUT2D eigenvalue weighted by Gasteiger charge is 2.40. The fourth-order valence-electron chi connectivity index (χ4n) is 4.22. The highest BCUT2D eigenvalue weighted by atomic mass is 35.5. The van der Waals surface area contributed by atoms with E-state index in [2.05, 4.69) is 20.9 Å². The minimum Gasteiger partial charge on any atom is -0.334 e. The predicted molar refractivity (Wildman–Crippen MR) is 134 cm³/mol. The number of hydrogen-bond acceptors (Lipinski definition) is 4. The molecule has 8 heteroatoms. The van der Waals surface area contributed by atoms with Gasteiger partial charge in [0.15, 0.2) is 0 Å². The summed E-state index contributed by atoms with van der Waals surface area (Å²) < 4.78 is 20.4. The van der Waals surface area contributed by atoms with Crippen LogP contribution in [0.3, 0.4) is 0 Å². The quantitative estimate of drug-likeness (QED) is 0.350. The lowest BCUT2D eigenvalue weighted by Gasteiger charge is -2.27. The number of terminal acetylenes is 1. The average Bonchev–Trinajstić information content (AvgIpc) is 3.32. The highest BCUT2D eigenvalue weighted by molar-refractivity contribution is 6.30. The van der Waals surface area contributed by atoms with Crippen LogP contribution in [0.5, 0.6) is 0 Å². The second kappa shape index (κ2) is 8.49. The van der Waals surface area contributed by atoms with E-state index in [-0.39, 0.29) is 11.1 Å². The predicted octanol–water partition coefficient (Wildman–Crippen LogP) is 4.63. The van der Waals surface area contributed by atoms with Crippen molar-refractivity contribution in [3.05, 3.63) is 111 Å². The van der Waals surface area contributed by atoms with Crippen LogP contribution < -0.4 is 5.56 Å². The van der Waals surface area contributed by atoms with Gasteiger partial charge in [0.2, 0.25) is 5.67 Å². The van der Waals surface area contributed by atoms with Crippen LogP contribution in [-0.4, -0.2) is 24.1 Å². The van der Waals surface area contributed by atoms with Crippen molar-refractivity contribution >= 4 is 22.6 Å². The average molecular weight is 484 g/mol. The molecule has 1 atom stereocenters. The minimum absolute atomic E-state index is 0.267. The molecule has 0 spiro atoms. The van der Waals surface area contributed by atoms with E-state index in [1.807, 2.05) is 0 Å². The standard InChI is InChI=1S/C27H19ClFN5O/c1-4-20-6-5-7-23(32-20)21-13-25(35)34(3)26-22(21)12-18(14-31-26)27(29,24-15-30-16-33(24)2)17-8-10-19(28)11-9-17/h1,5-16H,2-3H3/t27-/m1/s1. The number of imidazole rings is 1. The third kappa shape index (κ3) is 3.69. The maximum Gasteiger partial charge on any atom is 0.252 e.